The maximum absolute atomic E-state index is 13.9. The van der Waals surface area contributed by atoms with E-state index in [1.165, 1.54) is 13.2 Å². The van der Waals surface area contributed by atoms with Crippen molar-refractivity contribution in [2.45, 2.75) is 32.2 Å². The summed E-state index contributed by atoms with van der Waals surface area (Å²) in [5, 5.41) is 3.36. The molecule has 1 aliphatic heterocycles. The molecule has 1 unspecified atom stereocenters. The number of nitrogens with one attached hydrogen (secondary N) is 1. The fraction of sp³-hybridized carbons (Fsp3) is 0.500. The first kappa shape index (κ1) is 13.0. The van der Waals surface area contributed by atoms with Gasteiger partial charge in [0.2, 0.25) is 0 Å². The Morgan fingerprint density at radius 2 is 2.22 bits per heavy atom. The van der Waals surface area contributed by atoms with Gasteiger partial charge in [-0.2, -0.15) is 0 Å². The van der Waals surface area contributed by atoms with E-state index in [-0.39, 0.29) is 11.4 Å². The van der Waals surface area contributed by atoms with E-state index >= 15 is 0 Å². The van der Waals surface area contributed by atoms with Crippen LogP contribution in [-0.4, -0.2) is 19.6 Å². The van der Waals surface area contributed by atoms with Crippen LogP contribution in [0.1, 0.15) is 41.3 Å². The Morgan fingerprint density at radius 1 is 1.50 bits per heavy atom. The summed E-state index contributed by atoms with van der Waals surface area (Å²) in [6.45, 7) is 4.54. The van der Waals surface area contributed by atoms with Crippen LogP contribution >= 0.6 is 0 Å². The lowest BCUT2D eigenvalue weighted by Crippen LogP contribution is -2.33. The SMILES string of the molecule is COC(=O)c1cc(C2(C)CCCN2)cc(F)c1C. The first-order chi connectivity index (χ1) is 8.48. The Kier molecular flexibility index (Phi) is 3.39. The molecule has 1 aromatic rings. The number of rotatable bonds is 2. The van der Waals surface area contributed by atoms with Crippen molar-refractivity contribution in [1.29, 1.82) is 0 Å². The average Bonchev–Trinajstić information content (AvgIpc) is 2.79. The second-order valence-corrected chi connectivity index (χ2v) is 4.98. The molecular formula is C14H18FNO2. The number of hydrogen-bond donors (Lipinski definition) is 1. The fourth-order valence-corrected chi connectivity index (χ4v) is 2.46. The van der Waals surface area contributed by atoms with E-state index in [9.17, 15) is 9.18 Å². The molecule has 0 saturated carbocycles. The van der Waals surface area contributed by atoms with Gasteiger partial charge in [0.15, 0.2) is 0 Å². The lowest BCUT2D eigenvalue weighted by molar-refractivity contribution is 0.0599. The predicted molar refractivity (Wildman–Crippen MR) is 67.1 cm³/mol. The van der Waals surface area contributed by atoms with E-state index in [2.05, 4.69) is 5.32 Å². The number of carbonyl (C=O) groups is 1. The summed E-state index contributed by atoms with van der Waals surface area (Å²) in [5.74, 6) is -0.849. The maximum Gasteiger partial charge on any atom is 0.338 e. The summed E-state index contributed by atoms with van der Waals surface area (Å²) in [6.07, 6.45) is 2.00. The normalized spacial score (nSPS) is 23.1. The maximum atomic E-state index is 13.9. The largest absolute Gasteiger partial charge is 0.465 e. The van der Waals surface area contributed by atoms with E-state index in [1.54, 1.807) is 13.0 Å². The Balaban J connectivity index is 2.50. The van der Waals surface area contributed by atoms with E-state index < -0.39 is 5.97 Å². The molecule has 0 aliphatic carbocycles. The van der Waals surface area contributed by atoms with E-state index in [0.29, 0.717) is 11.1 Å². The molecule has 1 N–H and O–H groups in total. The van der Waals surface area contributed by atoms with Crippen LogP contribution in [-0.2, 0) is 10.3 Å². The minimum absolute atomic E-state index is 0.253. The summed E-state index contributed by atoms with van der Waals surface area (Å²) >= 11 is 0. The molecule has 18 heavy (non-hydrogen) atoms. The molecule has 3 nitrogen and oxygen atoms in total. The van der Waals surface area contributed by atoms with Crippen molar-refractivity contribution in [1.82, 2.24) is 5.32 Å². The van der Waals surface area contributed by atoms with Crippen LogP contribution in [0.3, 0.4) is 0 Å². The predicted octanol–water partition coefficient (Wildman–Crippen LogP) is 2.52. The van der Waals surface area contributed by atoms with Gasteiger partial charge in [0, 0.05) is 5.54 Å². The summed E-state index contributed by atoms with van der Waals surface area (Å²) in [6, 6.07) is 3.25. The van der Waals surface area contributed by atoms with Gasteiger partial charge in [-0.25, -0.2) is 9.18 Å². The van der Waals surface area contributed by atoms with Crippen LogP contribution in [0.5, 0.6) is 0 Å². The number of methoxy groups -OCH3 is 1. The Hall–Kier alpha value is -1.42. The van der Waals surface area contributed by atoms with Crippen LogP contribution in [0.15, 0.2) is 12.1 Å². The van der Waals surface area contributed by atoms with Gasteiger partial charge in [-0.15, -0.1) is 0 Å². The zero-order chi connectivity index (χ0) is 13.3. The topological polar surface area (TPSA) is 38.3 Å². The zero-order valence-corrected chi connectivity index (χ0v) is 11.0. The van der Waals surface area contributed by atoms with Gasteiger partial charge in [-0.3, -0.25) is 0 Å². The smallest absolute Gasteiger partial charge is 0.338 e. The molecule has 0 aromatic heterocycles. The van der Waals surface area contributed by atoms with Crippen molar-refractivity contribution < 1.29 is 13.9 Å². The van der Waals surface area contributed by atoms with Crippen molar-refractivity contribution in [2.24, 2.45) is 0 Å². The highest BCUT2D eigenvalue weighted by Gasteiger charge is 2.31. The van der Waals surface area contributed by atoms with Crippen molar-refractivity contribution >= 4 is 5.97 Å². The standard InChI is InChI=1S/C14H18FNO2/c1-9-11(13(17)18-3)7-10(8-12(9)15)14(2)5-4-6-16-14/h7-8,16H,4-6H2,1-3H3. The average molecular weight is 251 g/mol. The third-order valence-corrected chi connectivity index (χ3v) is 3.76. The summed E-state index contributed by atoms with van der Waals surface area (Å²) in [4.78, 5) is 11.6. The van der Waals surface area contributed by atoms with E-state index in [4.69, 9.17) is 4.74 Å². The van der Waals surface area contributed by atoms with Crippen molar-refractivity contribution in [3.05, 3.63) is 34.6 Å². The highest BCUT2D eigenvalue weighted by atomic mass is 19.1. The number of ether oxygens (including phenoxy) is 1. The lowest BCUT2D eigenvalue weighted by atomic mass is 9.88. The Morgan fingerprint density at radius 3 is 2.78 bits per heavy atom. The molecule has 4 heteroatoms. The molecule has 1 saturated heterocycles. The van der Waals surface area contributed by atoms with Gasteiger partial charge in [0.05, 0.1) is 12.7 Å². The van der Waals surface area contributed by atoms with Gasteiger partial charge in [-0.1, -0.05) is 0 Å². The minimum Gasteiger partial charge on any atom is -0.465 e. The second kappa shape index (κ2) is 4.69. The zero-order valence-electron chi connectivity index (χ0n) is 11.0. The number of carbonyl (C=O) groups excluding carboxylic acids is 1. The van der Waals surface area contributed by atoms with Gasteiger partial charge in [-0.05, 0) is 56.5 Å². The first-order valence-electron chi connectivity index (χ1n) is 6.12. The molecule has 0 spiro atoms. The van der Waals surface area contributed by atoms with Crippen LogP contribution in [0.25, 0.3) is 0 Å². The second-order valence-electron chi connectivity index (χ2n) is 4.98. The molecule has 1 atom stereocenters. The monoisotopic (exact) mass is 251 g/mol. The quantitative estimate of drug-likeness (QED) is 0.821. The summed E-state index contributed by atoms with van der Waals surface area (Å²) < 4.78 is 18.6. The van der Waals surface area contributed by atoms with Crippen LogP contribution in [0.2, 0.25) is 0 Å². The molecule has 2 rings (SSSR count). The first-order valence-corrected chi connectivity index (χ1v) is 6.12. The van der Waals surface area contributed by atoms with Crippen molar-refractivity contribution in [3.8, 4) is 0 Å². The third kappa shape index (κ3) is 2.12. The van der Waals surface area contributed by atoms with Gasteiger partial charge >= 0.3 is 5.97 Å². The highest BCUT2D eigenvalue weighted by Crippen LogP contribution is 2.32. The molecule has 98 valence electrons. The fourth-order valence-electron chi connectivity index (χ4n) is 2.46. The van der Waals surface area contributed by atoms with Gasteiger partial charge in [0.25, 0.3) is 0 Å². The minimum atomic E-state index is -0.491. The number of halogens is 1. The van der Waals surface area contributed by atoms with Gasteiger partial charge in [0.1, 0.15) is 5.82 Å². The van der Waals surface area contributed by atoms with Crippen LogP contribution < -0.4 is 5.32 Å². The number of benzene rings is 1. The summed E-state index contributed by atoms with van der Waals surface area (Å²) in [5.41, 5.74) is 1.20. The van der Waals surface area contributed by atoms with Crippen LogP contribution in [0, 0.1) is 12.7 Å². The molecule has 1 aromatic carbocycles. The van der Waals surface area contributed by atoms with Crippen LogP contribution in [0.4, 0.5) is 4.39 Å². The number of hydrogen-bond acceptors (Lipinski definition) is 3. The molecule has 1 fully saturated rings. The van der Waals surface area contributed by atoms with E-state index in [0.717, 1.165) is 24.9 Å². The summed E-state index contributed by atoms with van der Waals surface area (Å²) in [7, 11) is 1.31. The van der Waals surface area contributed by atoms with Gasteiger partial charge < -0.3 is 10.1 Å². The third-order valence-electron chi connectivity index (χ3n) is 3.76. The molecule has 1 heterocycles. The Bertz CT molecular complexity index is 479. The number of esters is 1. The van der Waals surface area contributed by atoms with E-state index in [1.807, 2.05) is 6.92 Å². The molecular weight excluding hydrogens is 233 g/mol. The highest BCUT2D eigenvalue weighted by molar-refractivity contribution is 5.91. The molecule has 0 radical (unpaired) electrons. The Labute approximate surface area is 106 Å². The molecule has 0 bridgehead atoms. The molecule has 0 amide bonds. The lowest BCUT2D eigenvalue weighted by Gasteiger charge is -2.26. The van der Waals surface area contributed by atoms with Crippen molar-refractivity contribution in [2.75, 3.05) is 13.7 Å². The van der Waals surface area contributed by atoms with Crippen molar-refractivity contribution in [3.63, 3.8) is 0 Å². The molecule has 1 aliphatic rings.